The Bertz CT molecular complexity index is 1470. The lowest BCUT2D eigenvalue weighted by Gasteiger charge is -2.23. The lowest BCUT2D eigenvalue weighted by atomic mass is 10.2. The largest absolute Gasteiger partial charge is 0.493 e. The molecule has 0 radical (unpaired) electrons. The van der Waals surface area contributed by atoms with Crippen LogP contribution < -0.4 is 25.1 Å². The van der Waals surface area contributed by atoms with Crippen LogP contribution in [0.1, 0.15) is 12.8 Å². The third-order valence-corrected chi connectivity index (χ3v) is 7.28. The lowest BCUT2D eigenvalue weighted by Crippen LogP contribution is -2.44. The highest BCUT2D eigenvalue weighted by Gasteiger charge is 2.36. The normalized spacial score (nSPS) is 19.6. The monoisotopic (exact) mass is 563 g/mol. The molecule has 1 aromatic heterocycles. The van der Waals surface area contributed by atoms with Gasteiger partial charge in [0, 0.05) is 43.2 Å². The Balaban J connectivity index is 1.31. The number of fused-ring (bicyclic) bond motifs is 1. The summed E-state index contributed by atoms with van der Waals surface area (Å²) in [4.78, 5) is 25.6. The maximum Gasteiger partial charge on any atom is 0.276 e. The number of anilines is 1. The van der Waals surface area contributed by atoms with E-state index in [0.717, 1.165) is 39.1 Å². The summed E-state index contributed by atoms with van der Waals surface area (Å²) in [7, 11) is 3.77. The van der Waals surface area contributed by atoms with Crippen LogP contribution in [0, 0.1) is 5.82 Å². The number of quaternary nitrogens is 1. The van der Waals surface area contributed by atoms with Crippen molar-refractivity contribution >= 4 is 34.5 Å². The van der Waals surface area contributed by atoms with E-state index in [4.69, 9.17) is 15.2 Å². The van der Waals surface area contributed by atoms with Gasteiger partial charge in [0.15, 0.2) is 29.9 Å². The Morgan fingerprint density at radius 1 is 1.15 bits per heavy atom. The Hall–Kier alpha value is -4.13. The van der Waals surface area contributed by atoms with Crippen molar-refractivity contribution in [2.45, 2.75) is 12.8 Å². The zero-order chi connectivity index (χ0) is 28.8. The number of primary amides is 1. The number of carbonyl (C=O) groups excluding carboxylic acids is 1. The third kappa shape index (κ3) is 6.79. The van der Waals surface area contributed by atoms with Crippen LogP contribution in [0.3, 0.4) is 0 Å². The number of hydrogen-bond donors (Lipinski definition) is 2. The van der Waals surface area contributed by atoms with Crippen LogP contribution in [-0.2, 0) is 4.79 Å². The van der Waals surface area contributed by atoms with Gasteiger partial charge < -0.3 is 30.3 Å². The topological polar surface area (TPSA) is 118 Å². The van der Waals surface area contributed by atoms with Gasteiger partial charge in [-0.2, -0.15) is 0 Å². The average Bonchev–Trinajstić information content (AvgIpc) is 3.23. The Morgan fingerprint density at radius 3 is 2.83 bits per heavy atom. The van der Waals surface area contributed by atoms with E-state index in [9.17, 15) is 9.18 Å². The van der Waals surface area contributed by atoms with Crippen LogP contribution in [0.4, 0.5) is 15.9 Å². The smallest absolute Gasteiger partial charge is 0.276 e. The second-order valence-electron chi connectivity index (χ2n) is 10.3. The molecule has 3 heterocycles. The van der Waals surface area contributed by atoms with E-state index in [1.807, 2.05) is 12.1 Å². The number of nitrogens with zero attached hydrogens (tertiary/aromatic N) is 6. The molecule has 1 unspecified atom stereocenters. The molecule has 12 heteroatoms. The number of benzene rings is 2. The number of rotatable bonds is 11. The van der Waals surface area contributed by atoms with Gasteiger partial charge in [-0.25, -0.2) is 14.4 Å². The summed E-state index contributed by atoms with van der Waals surface area (Å²) in [6.07, 6.45) is 6.82. The summed E-state index contributed by atoms with van der Waals surface area (Å²) in [5.74, 6) is 0.690. The molecule has 5 rings (SSSR count). The quantitative estimate of drug-likeness (QED) is 0.270. The van der Waals surface area contributed by atoms with Crippen molar-refractivity contribution < 1.29 is 18.7 Å². The van der Waals surface area contributed by atoms with E-state index < -0.39 is 11.7 Å². The van der Waals surface area contributed by atoms with Crippen molar-refractivity contribution in [1.82, 2.24) is 24.4 Å². The number of aromatic nitrogens is 2. The van der Waals surface area contributed by atoms with Crippen molar-refractivity contribution in [3.63, 3.8) is 0 Å². The summed E-state index contributed by atoms with van der Waals surface area (Å²) in [5.41, 5.74) is 7.23. The summed E-state index contributed by atoms with van der Waals surface area (Å²) in [6, 6.07) is 9.61. The van der Waals surface area contributed by atoms with Crippen LogP contribution >= 0.6 is 0 Å². The number of carbonyl (C=O) groups is 1. The molecule has 0 bridgehead atoms. The van der Waals surface area contributed by atoms with Gasteiger partial charge in [-0.1, -0.05) is 11.2 Å². The van der Waals surface area contributed by atoms with Crippen molar-refractivity contribution in [3.8, 4) is 11.5 Å². The average molecular weight is 564 g/mol. The Labute approximate surface area is 238 Å². The van der Waals surface area contributed by atoms with Crippen molar-refractivity contribution in [2.24, 2.45) is 10.8 Å². The van der Waals surface area contributed by atoms with E-state index in [2.05, 4.69) is 37.2 Å². The summed E-state index contributed by atoms with van der Waals surface area (Å²) in [6.45, 7) is 5.81. The van der Waals surface area contributed by atoms with Gasteiger partial charge >= 0.3 is 0 Å². The van der Waals surface area contributed by atoms with Crippen LogP contribution in [-0.4, -0.2) is 91.9 Å². The molecular formula is C29H36FN8O3+. The maximum atomic E-state index is 14.0. The molecule has 11 nitrogen and oxygen atoms in total. The predicted octanol–water partition coefficient (Wildman–Crippen LogP) is 2.93. The standard InChI is InChI=1S/C29H35FN8O3/c1-36-8-4-9-37(12-11-36)10-5-13-41-27-16-25-24(15-26(27)40-2)29(33-20-32-25)35-22-17-34-38(18-22,19-28(31)39)23-7-3-6-21(30)14-23/h3,6-7,14-18,20H,4-5,8-13,19H2,1-2H3,(H2-,31,32,33,35,39)/p+1. The molecule has 41 heavy (non-hydrogen) atoms. The fourth-order valence-electron chi connectivity index (χ4n) is 5.17. The molecule has 0 spiro atoms. The zero-order valence-electron chi connectivity index (χ0n) is 23.4. The predicted molar refractivity (Wildman–Crippen MR) is 157 cm³/mol. The van der Waals surface area contributed by atoms with Crippen LogP contribution in [0.2, 0.25) is 0 Å². The molecule has 1 amide bonds. The fraction of sp³-hybridized carbons (Fsp3) is 0.379. The number of allylic oxidation sites excluding steroid dienone is 1. The zero-order valence-corrected chi connectivity index (χ0v) is 23.4. The molecule has 3 N–H and O–H groups in total. The third-order valence-electron chi connectivity index (χ3n) is 7.28. The fourth-order valence-corrected chi connectivity index (χ4v) is 5.17. The van der Waals surface area contributed by atoms with Gasteiger partial charge in [0.05, 0.1) is 19.2 Å². The Morgan fingerprint density at radius 2 is 2.02 bits per heavy atom. The molecule has 2 aliphatic heterocycles. The highest BCUT2D eigenvalue weighted by molar-refractivity contribution is 5.96. The van der Waals surface area contributed by atoms with Crippen molar-refractivity contribution in [3.05, 3.63) is 60.4 Å². The first-order chi connectivity index (χ1) is 19.8. The molecule has 1 atom stereocenters. The van der Waals surface area contributed by atoms with Gasteiger partial charge in [0.1, 0.15) is 29.9 Å². The van der Waals surface area contributed by atoms with Crippen LogP contribution in [0.25, 0.3) is 10.9 Å². The summed E-state index contributed by atoms with van der Waals surface area (Å²) < 4.78 is 25.5. The van der Waals surface area contributed by atoms with Gasteiger partial charge in [-0.05, 0) is 45.1 Å². The molecule has 1 saturated heterocycles. The minimum atomic E-state index is -0.576. The first-order valence-corrected chi connectivity index (χ1v) is 13.7. The number of nitrogens with two attached hydrogens (primary N) is 1. The van der Waals surface area contributed by atoms with E-state index in [1.54, 1.807) is 31.7 Å². The lowest BCUT2D eigenvalue weighted by molar-refractivity contribution is -0.118. The first kappa shape index (κ1) is 28.4. The second-order valence-corrected chi connectivity index (χ2v) is 10.3. The summed E-state index contributed by atoms with van der Waals surface area (Å²) >= 11 is 0. The number of amides is 1. The summed E-state index contributed by atoms with van der Waals surface area (Å²) in [5, 5.41) is 8.48. The highest BCUT2D eigenvalue weighted by atomic mass is 19.1. The minimum absolute atomic E-state index is 0.168. The van der Waals surface area contributed by atoms with E-state index in [-0.39, 0.29) is 11.1 Å². The van der Waals surface area contributed by atoms with E-state index in [1.165, 1.54) is 24.9 Å². The Kier molecular flexibility index (Phi) is 8.72. The molecule has 1 fully saturated rings. The van der Waals surface area contributed by atoms with Crippen LogP contribution in [0.5, 0.6) is 11.5 Å². The van der Waals surface area contributed by atoms with E-state index in [0.29, 0.717) is 46.2 Å². The molecule has 0 aliphatic carbocycles. The number of ether oxygens (including phenoxy) is 2. The number of nitrogens with one attached hydrogen (secondary N) is 1. The van der Waals surface area contributed by atoms with Gasteiger partial charge in [-0.3, -0.25) is 4.79 Å². The molecule has 2 aliphatic rings. The minimum Gasteiger partial charge on any atom is -0.493 e. The van der Waals surface area contributed by atoms with Gasteiger partial charge in [0.2, 0.25) is 0 Å². The number of halogens is 1. The molecule has 2 aromatic carbocycles. The van der Waals surface area contributed by atoms with E-state index >= 15 is 0 Å². The number of likely N-dealkylation sites (N-methyl/N-ethyl adjacent to an activating group) is 1. The van der Waals surface area contributed by atoms with Crippen molar-refractivity contribution in [1.29, 1.82) is 0 Å². The molecule has 0 saturated carbocycles. The molecule has 3 aromatic rings. The maximum absolute atomic E-state index is 14.0. The molecular weight excluding hydrogens is 527 g/mol. The highest BCUT2D eigenvalue weighted by Crippen LogP contribution is 2.35. The second kappa shape index (κ2) is 12.6. The van der Waals surface area contributed by atoms with Gasteiger partial charge in [0.25, 0.3) is 5.91 Å². The number of methoxy groups -OCH3 is 1. The van der Waals surface area contributed by atoms with Crippen LogP contribution in [0.15, 0.2) is 59.7 Å². The van der Waals surface area contributed by atoms with Gasteiger partial charge in [-0.15, -0.1) is 4.59 Å². The first-order valence-electron chi connectivity index (χ1n) is 13.7. The molecule has 216 valence electrons. The SMILES string of the molecule is COc1cc2c(NC3=C[N+](CC(N)=O)(c4cccc(F)c4)N=C3)ncnc2cc1OCCCN1CCCN(C)CC1. The van der Waals surface area contributed by atoms with Crippen molar-refractivity contribution in [2.75, 3.05) is 65.3 Å². The number of hydrogen-bond acceptors (Lipinski definition) is 9.